The van der Waals surface area contributed by atoms with Crippen LogP contribution in [-0.4, -0.2) is 15.9 Å². The maximum atomic E-state index is 13.2. The van der Waals surface area contributed by atoms with Crippen molar-refractivity contribution in [1.82, 2.24) is 9.66 Å². The molecule has 3 aromatic carbocycles. The van der Waals surface area contributed by atoms with Crippen LogP contribution in [0.15, 0.2) is 75.0 Å². The lowest BCUT2D eigenvalue weighted by Gasteiger charge is -2.12. The molecule has 168 valence electrons. The van der Waals surface area contributed by atoms with Gasteiger partial charge in [0.05, 0.1) is 27.2 Å². The summed E-state index contributed by atoms with van der Waals surface area (Å²) in [6, 6.07) is 18.6. The maximum Gasteiger partial charge on any atom is 0.282 e. The summed E-state index contributed by atoms with van der Waals surface area (Å²) in [7, 11) is 0. The molecule has 0 N–H and O–H groups in total. The highest BCUT2D eigenvalue weighted by atomic mass is 79.9. The van der Waals surface area contributed by atoms with E-state index in [9.17, 15) is 4.79 Å². The van der Waals surface area contributed by atoms with E-state index < -0.39 is 0 Å². The molecule has 0 aliphatic heterocycles. The third-order valence-electron chi connectivity index (χ3n) is 4.92. The Bertz CT molecular complexity index is 1380. The number of ether oxygens (including phenoxy) is 1. The fourth-order valence-corrected chi connectivity index (χ4v) is 4.27. The van der Waals surface area contributed by atoms with E-state index in [-0.39, 0.29) is 11.5 Å². The average molecular weight is 545 g/mol. The first-order chi connectivity index (χ1) is 15.8. The first-order valence-corrected chi connectivity index (χ1v) is 11.8. The molecule has 0 saturated heterocycles. The first-order valence-electron chi connectivity index (χ1n) is 10.3. The number of rotatable bonds is 6. The van der Waals surface area contributed by atoms with E-state index in [0.29, 0.717) is 44.7 Å². The van der Waals surface area contributed by atoms with Crippen LogP contribution in [0.2, 0.25) is 10.0 Å². The minimum absolute atomic E-state index is 0.0103. The smallest absolute Gasteiger partial charge is 0.282 e. The lowest BCUT2D eigenvalue weighted by atomic mass is 10.2. The molecule has 0 spiro atoms. The molecule has 33 heavy (non-hydrogen) atoms. The van der Waals surface area contributed by atoms with Gasteiger partial charge >= 0.3 is 0 Å². The van der Waals surface area contributed by atoms with Gasteiger partial charge in [0.25, 0.3) is 5.56 Å². The van der Waals surface area contributed by atoms with Gasteiger partial charge in [-0.3, -0.25) is 4.79 Å². The lowest BCUT2D eigenvalue weighted by Crippen LogP contribution is -2.23. The highest BCUT2D eigenvalue weighted by molar-refractivity contribution is 9.10. The Kier molecular flexibility index (Phi) is 7.17. The molecule has 0 aliphatic carbocycles. The molecular formula is C25H20BrCl2N3O2. The van der Waals surface area contributed by atoms with Crippen molar-refractivity contribution in [2.24, 2.45) is 5.10 Å². The van der Waals surface area contributed by atoms with Gasteiger partial charge in [-0.05, 0) is 41.5 Å². The van der Waals surface area contributed by atoms with Crippen LogP contribution in [0.3, 0.4) is 0 Å². The van der Waals surface area contributed by atoms with Crippen LogP contribution in [0.1, 0.15) is 36.7 Å². The molecule has 1 heterocycles. The van der Waals surface area contributed by atoms with Gasteiger partial charge in [-0.1, -0.05) is 83.3 Å². The van der Waals surface area contributed by atoms with Crippen molar-refractivity contribution in [2.45, 2.75) is 26.4 Å². The zero-order valence-corrected chi connectivity index (χ0v) is 21.0. The summed E-state index contributed by atoms with van der Waals surface area (Å²) in [6.07, 6.45) is 1.54. The predicted octanol–water partition coefficient (Wildman–Crippen LogP) is 7.05. The van der Waals surface area contributed by atoms with Gasteiger partial charge in [0.1, 0.15) is 12.4 Å². The first kappa shape index (κ1) is 23.5. The second-order valence-corrected chi connectivity index (χ2v) is 9.47. The number of halogens is 3. The molecule has 0 radical (unpaired) electrons. The van der Waals surface area contributed by atoms with E-state index in [1.54, 1.807) is 18.2 Å². The lowest BCUT2D eigenvalue weighted by molar-refractivity contribution is 0.306. The molecular weight excluding hydrogens is 525 g/mol. The van der Waals surface area contributed by atoms with Crippen LogP contribution < -0.4 is 10.3 Å². The Morgan fingerprint density at radius 2 is 1.79 bits per heavy atom. The third-order valence-corrected chi connectivity index (χ3v) is 5.97. The van der Waals surface area contributed by atoms with Crippen molar-refractivity contribution < 1.29 is 4.74 Å². The van der Waals surface area contributed by atoms with Gasteiger partial charge < -0.3 is 4.74 Å². The number of hydrogen-bond donors (Lipinski definition) is 0. The topological polar surface area (TPSA) is 56.5 Å². The molecule has 5 nitrogen and oxygen atoms in total. The van der Waals surface area contributed by atoms with Crippen molar-refractivity contribution in [3.63, 3.8) is 0 Å². The number of nitrogens with zero attached hydrogens (tertiary/aromatic N) is 3. The summed E-state index contributed by atoms with van der Waals surface area (Å²) in [5, 5.41) is 5.62. The summed E-state index contributed by atoms with van der Waals surface area (Å²) < 4.78 is 7.94. The fraction of sp³-hybridized carbons (Fsp3) is 0.160. The van der Waals surface area contributed by atoms with Crippen LogP contribution in [0.25, 0.3) is 10.9 Å². The van der Waals surface area contributed by atoms with E-state index in [2.05, 4.69) is 26.0 Å². The summed E-state index contributed by atoms with van der Waals surface area (Å²) in [5.74, 6) is 0.950. The standard InChI is InChI=1S/C25H20BrCl2N3O2/c1-15(2)24-30-22-9-8-18(26)12-19(22)25(32)31(24)29-13-17-10-20(27)23(21(28)11-17)33-14-16-6-4-3-5-7-16/h3-13,15H,14H2,1-2H3. The van der Waals surface area contributed by atoms with Crippen molar-refractivity contribution in [1.29, 1.82) is 0 Å². The minimum Gasteiger partial charge on any atom is -0.486 e. The van der Waals surface area contributed by atoms with Gasteiger partial charge in [0.2, 0.25) is 0 Å². The maximum absolute atomic E-state index is 13.2. The summed E-state index contributed by atoms with van der Waals surface area (Å²) in [6.45, 7) is 4.27. The van der Waals surface area contributed by atoms with Crippen LogP contribution >= 0.6 is 39.1 Å². The summed E-state index contributed by atoms with van der Waals surface area (Å²) in [5.41, 5.74) is 2.02. The Morgan fingerprint density at radius 3 is 2.45 bits per heavy atom. The molecule has 0 fully saturated rings. The number of fused-ring (bicyclic) bond motifs is 1. The van der Waals surface area contributed by atoms with Crippen LogP contribution in [-0.2, 0) is 6.61 Å². The summed E-state index contributed by atoms with van der Waals surface area (Å²) >= 11 is 16.3. The van der Waals surface area contributed by atoms with Crippen molar-refractivity contribution in [2.75, 3.05) is 0 Å². The van der Waals surface area contributed by atoms with E-state index in [1.807, 2.05) is 56.3 Å². The third kappa shape index (κ3) is 5.29. The summed E-state index contributed by atoms with van der Waals surface area (Å²) in [4.78, 5) is 17.8. The van der Waals surface area contributed by atoms with Gasteiger partial charge in [-0.15, -0.1) is 0 Å². The Labute approximate surface area is 209 Å². The van der Waals surface area contributed by atoms with Gasteiger partial charge in [0.15, 0.2) is 5.75 Å². The average Bonchev–Trinajstić information content (AvgIpc) is 2.78. The van der Waals surface area contributed by atoms with Crippen molar-refractivity contribution in [3.05, 3.63) is 102 Å². The SMILES string of the molecule is CC(C)c1nc2ccc(Br)cc2c(=O)n1N=Cc1cc(Cl)c(OCc2ccccc2)c(Cl)c1. The van der Waals surface area contributed by atoms with E-state index in [1.165, 1.54) is 10.9 Å². The molecule has 4 rings (SSSR count). The quantitative estimate of drug-likeness (QED) is 0.244. The fourth-order valence-electron chi connectivity index (χ4n) is 3.30. The Balaban J connectivity index is 1.67. The molecule has 8 heteroatoms. The molecule has 0 unspecified atom stereocenters. The van der Waals surface area contributed by atoms with Gasteiger partial charge in [0, 0.05) is 10.4 Å². The number of hydrogen-bond acceptors (Lipinski definition) is 4. The minimum atomic E-state index is -0.249. The zero-order valence-electron chi connectivity index (χ0n) is 17.9. The molecule has 0 bridgehead atoms. The second-order valence-electron chi connectivity index (χ2n) is 7.74. The predicted molar refractivity (Wildman–Crippen MR) is 138 cm³/mol. The van der Waals surface area contributed by atoms with Crippen LogP contribution in [0.5, 0.6) is 5.75 Å². The Hall–Kier alpha value is -2.67. The highest BCUT2D eigenvalue weighted by Crippen LogP contribution is 2.34. The molecule has 0 atom stereocenters. The molecule has 4 aromatic rings. The van der Waals surface area contributed by atoms with Gasteiger partial charge in [-0.2, -0.15) is 9.78 Å². The van der Waals surface area contributed by atoms with E-state index in [0.717, 1.165) is 10.0 Å². The van der Waals surface area contributed by atoms with Crippen LogP contribution in [0.4, 0.5) is 0 Å². The van der Waals surface area contributed by atoms with E-state index in [4.69, 9.17) is 27.9 Å². The molecule has 1 aromatic heterocycles. The normalized spacial score (nSPS) is 11.6. The van der Waals surface area contributed by atoms with Gasteiger partial charge in [-0.25, -0.2) is 4.98 Å². The van der Waals surface area contributed by atoms with Crippen molar-refractivity contribution >= 4 is 56.2 Å². The largest absolute Gasteiger partial charge is 0.486 e. The zero-order chi connectivity index (χ0) is 23.5. The van der Waals surface area contributed by atoms with Crippen molar-refractivity contribution in [3.8, 4) is 5.75 Å². The van der Waals surface area contributed by atoms with E-state index >= 15 is 0 Å². The second kappa shape index (κ2) is 10.1. The molecule has 0 saturated carbocycles. The Morgan fingerprint density at radius 1 is 1.09 bits per heavy atom. The highest BCUT2D eigenvalue weighted by Gasteiger charge is 2.14. The van der Waals surface area contributed by atoms with Crippen LogP contribution in [0, 0.1) is 0 Å². The monoisotopic (exact) mass is 543 g/mol. The molecule has 0 amide bonds. The number of benzene rings is 3. The number of aromatic nitrogens is 2. The molecule has 0 aliphatic rings.